The van der Waals surface area contributed by atoms with E-state index in [9.17, 15) is 5.11 Å². The third-order valence-electron chi connectivity index (χ3n) is 2.69. The van der Waals surface area contributed by atoms with Crippen molar-refractivity contribution in [2.45, 2.75) is 6.92 Å². The third kappa shape index (κ3) is 2.57. The zero-order valence-electron chi connectivity index (χ0n) is 10.5. The second-order valence-electron chi connectivity index (χ2n) is 4.11. The zero-order valence-corrected chi connectivity index (χ0v) is 10.5. The van der Waals surface area contributed by atoms with Crippen LogP contribution in [0.25, 0.3) is 10.8 Å². The molecule has 7 N–H and O–H groups in total. The summed E-state index contributed by atoms with van der Waals surface area (Å²) in [5.74, 6) is 0.0442. The number of rotatable bonds is 1. The van der Waals surface area contributed by atoms with E-state index in [1.165, 1.54) is 0 Å². The van der Waals surface area contributed by atoms with Crippen LogP contribution in [0.2, 0.25) is 0 Å². The van der Waals surface area contributed by atoms with Crippen molar-refractivity contribution in [2.24, 2.45) is 27.2 Å². The van der Waals surface area contributed by atoms with E-state index in [2.05, 4.69) is 9.98 Å². The average Bonchev–Trinajstić information content (AvgIpc) is 2.33. The van der Waals surface area contributed by atoms with Gasteiger partial charge < -0.3 is 22.3 Å². The fourth-order valence-electron chi connectivity index (χ4n) is 1.81. The number of hydrogen-bond donors (Lipinski definition) is 4. The Morgan fingerprint density at radius 2 is 1.79 bits per heavy atom. The van der Waals surface area contributed by atoms with Gasteiger partial charge in [-0.05, 0) is 18.6 Å². The van der Waals surface area contributed by atoms with Gasteiger partial charge in [0.1, 0.15) is 5.75 Å². The molecule has 0 fully saturated rings. The van der Waals surface area contributed by atoms with Gasteiger partial charge in [-0.2, -0.15) is 4.99 Å². The Morgan fingerprint density at radius 1 is 1.05 bits per heavy atom. The van der Waals surface area contributed by atoms with E-state index in [0.29, 0.717) is 11.1 Å². The van der Waals surface area contributed by atoms with Crippen molar-refractivity contribution in [3.8, 4) is 5.75 Å². The number of guanidine groups is 2. The van der Waals surface area contributed by atoms with Crippen LogP contribution in [0.5, 0.6) is 5.75 Å². The SMILES string of the molecule is Cc1ccc2c(N=C(N)N=C(N)N)cccc2c1O. The standard InChI is InChI=1S/C13H15N5O/c1-7-5-6-8-9(11(7)19)3-2-4-10(8)17-13(16)18-12(14)15/h2-6,19H,1H3,(H6,14,15,16,17,18). The number of aryl methyl sites for hydroxylation is 1. The van der Waals surface area contributed by atoms with Crippen molar-refractivity contribution in [1.82, 2.24) is 0 Å². The second-order valence-corrected chi connectivity index (χ2v) is 4.11. The first-order chi connectivity index (χ1) is 8.99. The fraction of sp³-hybridized carbons (Fsp3) is 0.0769. The first-order valence-electron chi connectivity index (χ1n) is 5.64. The summed E-state index contributed by atoms with van der Waals surface area (Å²) >= 11 is 0. The maximum Gasteiger partial charge on any atom is 0.223 e. The highest BCUT2D eigenvalue weighted by Gasteiger charge is 2.06. The monoisotopic (exact) mass is 257 g/mol. The average molecular weight is 257 g/mol. The predicted octanol–water partition coefficient (Wildman–Crippen LogP) is 1.07. The third-order valence-corrected chi connectivity index (χ3v) is 2.69. The highest BCUT2D eigenvalue weighted by molar-refractivity contribution is 6.00. The molecule has 0 atom stereocenters. The number of phenolic OH excluding ortho intramolecular Hbond substituents is 1. The quantitative estimate of drug-likeness (QED) is 0.450. The number of benzene rings is 2. The smallest absolute Gasteiger partial charge is 0.223 e. The Labute approximate surface area is 110 Å². The summed E-state index contributed by atoms with van der Waals surface area (Å²) in [4.78, 5) is 7.79. The molecule has 0 saturated carbocycles. The van der Waals surface area contributed by atoms with Crippen LogP contribution < -0.4 is 17.2 Å². The first-order valence-corrected chi connectivity index (χ1v) is 5.64. The van der Waals surface area contributed by atoms with E-state index in [1.807, 2.05) is 25.1 Å². The lowest BCUT2D eigenvalue weighted by molar-refractivity contribution is 0.477. The molecule has 0 radical (unpaired) electrons. The molecular formula is C13H15N5O. The van der Waals surface area contributed by atoms with Gasteiger partial charge in [-0.3, -0.25) is 0 Å². The van der Waals surface area contributed by atoms with Crippen molar-refractivity contribution >= 4 is 28.4 Å². The van der Waals surface area contributed by atoms with Crippen molar-refractivity contribution in [3.63, 3.8) is 0 Å². The van der Waals surface area contributed by atoms with Crippen molar-refractivity contribution < 1.29 is 5.11 Å². The Morgan fingerprint density at radius 3 is 2.47 bits per heavy atom. The van der Waals surface area contributed by atoms with E-state index in [-0.39, 0.29) is 17.7 Å². The van der Waals surface area contributed by atoms with Gasteiger partial charge in [0.2, 0.25) is 5.96 Å². The molecule has 0 saturated heterocycles. The normalized spacial score (nSPS) is 11.5. The molecule has 0 spiro atoms. The number of aromatic hydroxyl groups is 1. The van der Waals surface area contributed by atoms with Crippen LogP contribution in [0, 0.1) is 6.92 Å². The van der Waals surface area contributed by atoms with Crippen LogP contribution in [0.1, 0.15) is 5.56 Å². The number of nitrogens with zero attached hydrogens (tertiary/aromatic N) is 2. The fourth-order valence-corrected chi connectivity index (χ4v) is 1.81. The van der Waals surface area contributed by atoms with Crippen molar-refractivity contribution in [2.75, 3.05) is 0 Å². The summed E-state index contributed by atoms with van der Waals surface area (Å²) in [6, 6.07) is 9.04. The topological polar surface area (TPSA) is 123 Å². The highest BCUT2D eigenvalue weighted by atomic mass is 16.3. The van der Waals surface area contributed by atoms with Crippen LogP contribution in [-0.4, -0.2) is 17.0 Å². The minimum absolute atomic E-state index is 0.0347. The Balaban J connectivity index is 2.63. The molecule has 0 aliphatic heterocycles. The van der Waals surface area contributed by atoms with E-state index in [1.54, 1.807) is 12.1 Å². The summed E-state index contributed by atoms with van der Waals surface area (Å²) in [7, 11) is 0. The number of hydrogen-bond acceptors (Lipinski definition) is 2. The van der Waals surface area contributed by atoms with Gasteiger partial charge in [0, 0.05) is 10.8 Å². The first kappa shape index (κ1) is 12.7. The van der Waals surface area contributed by atoms with Crippen LogP contribution >= 0.6 is 0 Å². The molecule has 98 valence electrons. The summed E-state index contributed by atoms with van der Waals surface area (Å²) in [6.07, 6.45) is 0. The summed E-state index contributed by atoms with van der Waals surface area (Å²) in [5, 5.41) is 11.5. The molecule has 0 heterocycles. The van der Waals surface area contributed by atoms with Crippen molar-refractivity contribution in [3.05, 3.63) is 35.9 Å². The van der Waals surface area contributed by atoms with Gasteiger partial charge in [-0.1, -0.05) is 24.3 Å². The lowest BCUT2D eigenvalue weighted by atomic mass is 10.0. The molecule has 2 rings (SSSR count). The van der Waals surface area contributed by atoms with Crippen LogP contribution in [-0.2, 0) is 0 Å². The summed E-state index contributed by atoms with van der Waals surface area (Å²) < 4.78 is 0. The molecule has 2 aromatic rings. The van der Waals surface area contributed by atoms with E-state index < -0.39 is 0 Å². The minimum atomic E-state index is -0.153. The minimum Gasteiger partial charge on any atom is -0.507 e. The molecule has 6 heteroatoms. The van der Waals surface area contributed by atoms with E-state index in [0.717, 1.165) is 10.9 Å². The number of fused-ring (bicyclic) bond motifs is 1. The van der Waals surface area contributed by atoms with Crippen LogP contribution in [0.3, 0.4) is 0 Å². The molecule has 19 heavy (non-hydrogen) atoms. The Hall–Kier alpha value is -2.76. The maximum absolute atomic E-state index is 10.0. The zero-order chi connectivity index (χ0) is 14.0. The van der Waals surface area contributed by atoms with Crippen LogP contribution in [0.4, 0.5) is 5.69 Å². The van der Waals surface area contributed by atoms with Gasteiger partial charge in [0.25, 0.3) is 0 Å². The Kier molecular flexibility index (Phi) is 3.24. The molecule has 0 aliphatic rings. The van der Waals surface area contributed by atoms with E-state index >= 15 is 0 Å². The molecule has 2 aromatic carbocycles. The molecule has 6 nitrogen and oxygen atoms in total. The molecule has 0 amide bonds. The second kappa shape index (κ2) is 4.85. The number of nitrogens with two attached hydrogens (primary N) is 3. The molecular weight excluding hydrogens is 242 g/mol. The predicted molar refractivity (Wildman–Crippen MR) is 77.4 cm³/mol. The Bertz CT molecular complexity index is 687. The molecule has 0 aliphatic carbocycles. The van der Waals surface area contributed by atoms with Gasteiger partial charge in [-0.15, -0.1) is 0 Å². The van der Waals surface area contributed by atoms with E-state index in [4.69, 9.17) is 17.2 Å². The van der Waals surface area contributed by atoms with Crippen molar-refractivity contribution in [1.29, 1.82) is 0 Å². The largest absolute Gasteiger partial charge is 0.507 e. The summed E-state index contributed by atoms with van der Waals surface area (Å²) in [6.45, 7) is 1.83. The number of phenols is 1. The number of aliphatic imine (C=N–C) groups is 2. The maximum atomic E-state index is 10.0. The highest BCUT2D eigenvalue weighted by Crippen LogP contribution is 2.33. The molecule has 0 bridgehead atoms. The van der Waals surface area contributed by atoms with Gasteiger partial charge in [0.15, 0.2) is 5.96 Å². The molecule has 0 unspecified atom stereocenters. The lowest BCUT2D eigenvalue weighted by Crippen LogP contribution is -2.26. The lowest BCUT2D eigenvalue weighted by Gasteiger charge is -2.06. The van der Waals surface area contributed by atoms with Gasteiger partial charge in [-0.25, -0.2) is 4.99 Å². The van der Waals surface area contributed by atoms with Gasteiger partial charge >= 0.3 is 0 Å². The molecule has 0 aromatic heterocycles. The summed E-state index contributed by atoms with van der Waals surface area (Å²) in [5.41, 5.74) is 17.5. The van der Waals surface area contributed by atoms with Crippen LogP contribution in [0.15, 0.2) is 40.3 Å². The van der Waals surface area contributed by atoms with Gasteiger partial charge in [0.05, 0.1) is 5.69 Å².